The van der Waals surface area contributed by atoms with Gasteiger partial charge in [0, 0.05) is 24.2 Å². The van der Waals surface area contributed by atoms with Crippen molar-refractivity contribution >= 4 is 49.3 Å². The van der Waals surface area contributed by atoms with Crippen LogP contribution in [0.15, 0.2) is 5.16 Å². The molecule has 7 heteroatoms. The first-order chi connectivity index (χ1) is 14.3. The van der Waals surface area contributed by atoms with Crippen LogP contribution in [0.25, 0.3) is 20.4 Å². The van der Waals surface area contributed by atoms with Crippen LogP contribution in [0.4, 0.5) is 5.82 Å². The number of rotatable bonds is 7. The lowest BCUT2D eigenvalue weighted by molar-refractivity contribution is 0.120. The number of pyridine rings is 1. The van der Waals surface area contributed by atoms with Gasteiger partial charge in [0.25, 0.3) is 0 Å². The Bertz CT molecular complexity index is 1040. The minimum absolute atomic E-state index is 0.287. The van der Waals surface area contributed by atoms with Gasteiger partial charge in [-0.1, -0.05) is 25.1 Å². The molecule has 0 spiro atoms. The highest BCUT2D eigenvalue weighted by molar-refractivity contribution is 7.98. The second-order valence-corrected chi connectivity index (χ2v) is 9.78. The maximum Gasteiger partial charge on any atom is 0.189 e. The third kappa shape index (κ3) is 3.62. The number of unbranched alkanes of at least 4 members (excludes halogenated alkanes) is 1. The lowest BCUT2D eigenvalue weighted by Gasteiger charge is -2.12. The summed E-state index contributed by atoms with van der Waals surface area (Å²) in [7, 11) is 0. The number of hydrogen-bond donors (Lipinski definition) is 1. The molecule has 0 aromatic carbocycles. The van der Waals surface area contributed by atoms with E-state index < -0.39 is 0 Å². The lowest BCUT2D eigenvalue weighted by Crippen LogP contribution is -2.19. The summed E-state index contributed by atoms with van der Waals surface area (Å²) in [5, 5.41) is 5.69. The van der Waals surface area contributed by atoms with Crippen LogP contribution in [0.1, 0.15) is 55.8 Å². The smallest absolute Gasteiger partial charge is 0.189 e. The molecule has 2 aliphatic rings. The Labute approximate surface area is 180 Å². The highest BCUT2D eigenvalue weighted by Crippen LogP contribution is 2.42. The normalized spacial score (nSPS) is 18.8. The van der Waals surface area contributed by atoms with E-state index in [0.717, 1.165) is 64.9 Å². The number of thioether (sulfide) groups is 1. The molecule has 1 saturated heterocycles. The van der Waals surface area contributed by atoms with E-state index in [1.165, 1.54) is 47.9 Å². The molecule has 5 rings (SSSR count). The Morgan fingerprint density at radius 2 is 2.07 bits per heavy atom. The van der Waals surface area contributed by atoms with Gasteiger partial charge < -0.3 is 10.1 Å². The van der Waals surface area contributed by atoms with Gasteiger partial charge in [0.1, 0.15) is 10.6 Å². The second-order valence-electron chi connectivity index (χ2n) is 8.01. The fraction of sp³-hybridized carbons (Fsp3) is 0.591. The van der Waals surface area contributed by atoms with Crippen LogP contribution in [0.5, 0.6) is 0 Å². The SMILES string of the molecule is CCCCc1nc2sc3c(NC[C@@H]4CCCO4)nc(SC)nc3c2c2c1CCC2. The van der Waals surface area contributed by atoms with Gasteiger partial charge in [0.2, 0.25) is 0 Å². The molecule has 0 amide bonds. The summed E-state index contributed by atoms with van der Waals surface area (Å²) in [6.07, 6.45) is 11.7. The molecule has 1 N–H and O–H groups in total. The largest absolute Gasteiger partial charge is 0.376 e. The Morgan fingerprint density at radius 3 is 2.86 bits per heavy atom. The van der Waals surface area contributed by atoms with E-state index in [9.17, 15) is 0 Å². The molecular weight excluding hydrogens is 400 g/mol. The van der Waals surface area contributed by atoms with Crippen molar-refractivity contribution < 1.29 is 4.74 Å². The maximum absolute atomic E-state index is 5.80. The fourth-order valence-electron chi connectivity index (χ4n) is 4.60. The maximum atomic E-state index is 5.80. The van der Waals surface area contributed by atoms with Gasteiger partial charge in [0.15, 0.2) is 5.16 Å². The van der Waals surface area contributed by atoms with E-state index in [1.807, 2.05) is 6.26 Å². The fourth-order valence-corrected chi connectivity index (χ4v) is 6.10. The molecule has 4 heterocycles. The average molecular weight is 429 g/mol. The van der Waals surface area contributed by atoms with Gasteiger partial charge in [0.05, 0.1) is 16.3 Å². The quantitative estimate of drug-likeness (QED) is 0.402. The van der Waals surface area contributed by atoms with Crippen LogP contribution in [0.2, 0.25) is 0 Å². The summed E-state index contributed by atoms with van der Waals surface area (Å²) in [5.41, 5.74) is 5.42. The van der Waals surface area contributed by atoms with Gasteiger partial charge in [-0.05, 0) is 62.3 Å². The van der Waals surface area contributed by atoms with Crippen LogP contribution in [-0.2, 0) is 24.0 Å². The van der Waals surface area contributed by atoms with Gasteiger partial charge in [-0.2, -0.15) is 0 Å². The van der Waals surface area contributed by atoms with E-state index in [0.29, 0.717) is 0 Å². The summed E-state index contributed by atoms with van der Waals surface area (Å²) in [4.78, 5) is 16.0. The number of anilines is 1. The van der Waals surface area contributed by atoms with Crippen molar-refractivity contribution in [3.8, 4) is 0 Å². The first-order valence-corrected chi connectivity index (χ1v) is 12.9. The third-order valence-corrected chi connectivity index (χ3v) is 7.70. The molecule has 154 valence electrons. The number of thiophene rings is 1. The van der Waals surface area contributed by atoms with Crippen LogP contribution in [0.3, 0.4) is 0 Å². The average Bonchev–Trinajstić information content (AvgIpc) is 3.48. The first-order valence-electron chi connectivity index (χ1n) is 10.8. The summed E-state index contributed by atoms with van der Waals surface area (Å²) < 4.78 is 6.94. The minimum Gasteiger partial charge on any atom is -0.376 e. The number of nitrogens with zero attached hydrogens (tertiary/aromatic N) is 3. The van der Waals surface area contributed by atoms with Crippen LogP contribution in [-0.4, -0.2) is 40.5 Å². The summed E-state index contributed by atoms with van der Waals surface area (Å²) >= 11 is 3.36. The molecule has 1 fully saturated rings. The van der Waals surface area contributed by atoms with Crippen LogP contribution >= 0.6 is 23.1 Å². The molecule has 29 heavy (non-hydrogen) atoms. The molecule has 1 aliphatic carbocycles. The van der Waals surface area contributed by atoms with Gasteiger partial charge in [-0.25, -0.2) is 15.0 Å². The zero-order chi connectivity index (χ0) is 19.8. The Hall–Kier alpha value is -1.44. The summed E-state index contributed by atoms with van der Waals surface area (Å²) in [6, 6.07) is 0. The van der Waals surface area contributed by atoms with Crippen molar-refractivity contribution in [2.24, 2.45) is 0 Å². The molecule has 3 aromatic heterocycles. The number of fused-ring (bicyclic) bond motifs is 5. The van der Waals surface area contributed by atoms with Crippen molar-refractivity contribution in [2.45, 2.75) is 69.6 Å². The van der Waals surface area contributed by atoms with Crippen molar-refractivity contribution in [1.82, 2.24) is 15.0 Å². The van der Waals surface area contributed by atoms with Crippen LogP contribution in [0, 0.1) is 0 Å². The molecular formula is C22H28N4OS2. The number of ether oxygens (including phenoxy) is 1. The van der Waals surface area contributed by atoms with Crippen LogP contribution < -0.4 is 5.32 Å². The molecule has 1 aliphatic heterocycles. The van der Waals surface area contributed by atoms with E-state index in [4.69, 9.17) is 19.7 Å². The van der Waals surface area contributed by atoms with E-state index in [1.54, 1.807) is 23.1 Å². The summed E-state index contributed by atoms with van der Waals surface area (Å²) in [6.45, 7) is 3.94. The van der Waals surface area contributed by atoms with Crippen molar-refractivity contribution in [2.75, 3.05) is 24.7 Å². The highest BCUT2D eigenvalue weighted by Gasteiger charge is 2.25. The molecule has 0 saturated carbocycles. The number of aryl methyl sites for hydroxylation is 2. The predicted octanol–water partition coefficient (Wildman–Crippen LogP) is 5.38. The minimum atomic E-state index is 0.287. The zero-order valence-electron chi connectivity index (χ0n) is 17.2. The van der Waals surface area contributed by atoms with E-state index in [-0.39, 0.29) is 6.10 Å². The van der Waals surface area contributed by atoms with Gasteiger partial charge >= 0.3 is 0 Å². The Morgan fingerprint density at radius 1 is 1.17 bits per heavy atom. The molecule has 0 radical (unpaired) electrons. The molecule has 3 aromatic rings. The molecule has 0 unspecified atom stereocenters. The summed E-state index contributed by atoms with van der Waals surface area (Å²) in [5.74, 6) is 0.944. The molecule has 1 atom stereocenters. The Balaban J connectivity index is 1.63. The Kier molecular flexibility index (Phi) is 5.63. The highest BCUT2D eigenvalue weighted by atomic mass is 32.2. The van der Waals surface area contributed by atoms with E-state index in [2.05, 4.69) is 12.2 Å². The monoisotopic (exact) mass is 428 g/mol. The van der Waals surface area contributed by atoms with Crippen molar-refractivity contribution in [3.63, 3.8) is 0 Å². The number of nitrogens with one attached hydrogen (secondary N) is 1. The first kappa shape index (κ1) is 19.5. The van der Waals surface area contributed by atoms with Crippen molar-refractivity contribution in [1.29, 1.82) is 0 Å². The molecule has 5 nitrogen and oxygen atoms in total. The predicted molar refractivity (Wildman–Crippen MR) is 123 cm³/mol. The van der Waals surface area contributed by atoms with Crippen molar-refractivity contribution in [3.05, 3.63) is 16.8 Å². The number of aromatic nitrogens is 3. The zero-order valence-corrected chi connectivity index (χ0v) is 18.8. The lowest BCUT2D eigenvalue weighted by atomic mass is 10.0. The number of hydrogen-bond acceptors (Lipinski definition) is 7. The molecule has 0 bridgehead atoms. The van der Waals surface area contributed by atoms with E-state index >= 15 is 0 Å². The standard InChI is InChI=1S/C22H28N4OS2/c1-3-4-10-16-14-8-5-9-15(14)17-18-19(29-21(17)24-16)20(26-22(25-18)28-2)23-12-13-7-6-11-27-13/h13H,3-12H2,1-2H3,(H,23,25,26)/t13-/m0/s1. The van der Waals surface area contributed by atoms with Gasteiger partial charge in [-0.3, -0.25) is 0 Å². The third-order valence-electron chi connectivity index (χ3n) is 6.07. The topological polar surface area (TPSA) is 59.9 Å². The van der Waals surface area contributed by atoms with Gasteiger partial charge in [-0.15, -0.1) is 11.3 Å². The second kappa shape index (κ2) is 8.36.